The van der Waals surface area contributed by atoms with Crippen LogP contribution in [-0.2, 0) is 11.3 Å². The summed E-state index contributed by atoms with van der Waals surface area (Å²) in [5.41, 5.74) is 0. The summed E-state index contributed by atoms with van der Waals surface area (Å²) >= 11 is 0. The molecule has 6 nitrogen and oxygen atoms in total. The molecule has 0 saturated carbocycles. The van der Waals surface area contributed by atoms with Gasteiger partial charge in [0, 0.05) is 45.1 Å². The SMILES string of the molecule is O=C(COc1ccc2ccccc2c1)N1CCN(CCn2cccn2)CC1. The summed E-state index contributed by atoms with van der Waals surface area (Å²) in [6.07, 6.45) is 3.77. The van der Waals surface area contributed by atoms with Crippen LogP contribution in [0, 0.1) is 0 Å². The third kappa shape index (κ3) is 4.46. The molecule has 27 heavy (non-hydrogen) atoms. The van der Waals surface area contributed by atoms with Crippen molar-refractivity contribution in [1.82, 2.24) is 19.6 Å². The van der Waals surface area contributed by atoms with Gasteiger partial charge < -0.3 is 9.64 Å². The molecule has 1 amide bonds. The van der Waals surface area contributed by atoms with Gasteiger partial charge in [0.25, 0.3) is 5.91 Å². The summed E-state index contributed by atoms with van der Waals surface area (Å²) in [6.45, 7) is 5.21. The van der Waals surface area contributed by atoms with Crippen molar-refractivity contribution in [2.45, 2.75) is 6.54 Å². The van der Waals surface area contributed by atoms with Gasteiger partial charge in [-0.25, -0.2) is 0 Å². The van der Waals surface area contributed by atoms with Crippen LogP contribution < -0.4 is 4.74 Å². The molecule has 3 aromatic rings. The molecule has 6 heteroatoms. The molecule has 140 valence electrons. The van der Waals surface area contributed by atoms with Crippen molar-refractivity contribution in [3.8, 4) is 5.75 Å². The minimum absolute atomic E-state index is 0.0508. The molecule has 1 aromatic heterocycles. The molecule has 0 bridgehead atoms. The Balaban J connectivity index is 1.23. The average molecular weight is 364 g/mol. The van der Waals surface area contributed by atoms with E-state index in [-0.39, 0.29) is 12.5 Å². The average Bonchev–Trinajstić information content (AvgIpc) is 3.24. The van der Waals surface area contributed by atoms with Gasteiger partial charge in [-0.2, -0.15) is 5.10 Å². The van der Waals surface area contributed by atoms with Crippen molar-refractivity contribution in [3.05, 3.63) is 60.9 Å². The van der Waals surface area contributed by atoms with Crippen molar-refractivity contribution in [3.63, 3.8) is 0 Å². The second-order valence-corrected chi connectivity index (χ2v) is 6.79. The lowest BCUT2D eigenvalue weighted by Crippen LogP contribution is -2.50. The Morgan fingerprint density at radius 3 is 2.56 bits per heavy atom. The topological polar surface area (TPSA) is 50.6 Å². The second kappa shape index (κ2) is 8.22. The van der Waals surface area contributed by atoms with E-state index in [1.54, 1.807) is 6.20 Å². The third-order valence-electron chi connectivity index (χ3n) is 5.01. The molecule has 0 N–H and O–H groups in total. The first-order chi connectivity index (χ1) is 13.3. The van der Waals surface area contributed by atoms with Crippen molar-refractivity contribution in [1.29, 1.82) is 0 Å². The Labute approximate surface area is 158 Å². The van der Waals surface area contributed by atoms with Gasteiger partial charge in [-0.05, 0) is 29.0 Å². The van der Waals surface area contributed by atoms with Crippen LogP contribution in [0.4, 0.5) is 0 Å². The van der Waals surface area contributed by atoms with E-state index in [9.17, 15) is 4.79 Å². The zero-order valence-corrected chi connectivity index (χ0v) is 15.3. The number of carbonyl (C=O) groups excluding carboxylic acids is 1. The summed E-state index contributed by atoms with van der Waals surface area (Å²) in [5.74, 6) is 0.787. The Bertz CT molecular complexity index is 886. The lowest BCUT2D eigenvalue weighted by Gasteiger charge is -2.34. The predicted octanol–water partition coefficient (Wildman–Crippen LogP) is 2.26. The fourth-order valence-corrected chi connectivity index (χ4v) is 3.39. The molecule has 1 saturated heterocycles. The molecule has 1 fully saturated rings. The number of hydrogen-bond acceptors (Lipinski definition) is 4. The first-order valence-corrected chi connectivity index (χ1v) is 9.37. The van der Waals surface area contributed by atoms with E-state index in [1.807, 2.05) is 58.2 Å². The minimum atomic E-state index is 0.0508. The largest absolute Gasteiger partial charge is 0.484 e. The van der Waals surface area contributed by atoms with Crippen molar-refractivity contribution >= 4 is 16.7 Å². The van der Waals surface area contributed by atoms with Gasteiger partial charge in [0.1, 0.15) is 5.75 Å². The molecule has 0 unspecified atom stereocenters. The van der Waals surface area contributed by atoms with Crippen molar-refractivity contribution in [2.75, 3.05) is 39.3 Å². The molecule has 0 radical (unpaired) electrons. The van der Waals surface area contributed by atoms with Crippen LogP contribution in [0.2, 0.25) is 0 Å². The summed E-state index contributed by atoms with van der Waals surface area (Å²) in [7, 11) is 0. The minimum Gasteiger partial charge on any atom is -0.484 e. The van der Waals surface area contributed by atoms with Gasteiger partial charge in [-0.1, -0.05) is 30.3 Å². The first-order valence-electron chi connectivity index (χ1n) is 9.37. The first kappa shape index (κ1) is 17.5. The van der Waals surface area contributed by atoms with E-state index >= 15 is 0 Å². The van der Waals surface area contributed by atoms with E-state index in [2.05, 4.69) is 16.1 Å². The predicted molar refractivity (Wildman–Crippen MR) is 105 cm³/mol. The maximum atomic E-state index is 12.5. The molecule has 1 aliphatic heterocycles. The number of carbonyl (C=O) groups is 1. The van der Waals surface area contributed by atoms with Gasteiger partial charge >= 0.3 is 0 Å². The maximum absolute atomic E-state index is 12.5. The third-order valence-corrected chi connectivity index (χ3v) is 5.01. The van der Waals surface area contributed by atoms with Crippen molar-refractivity contribution < 1.29 is 9.53 Å². The number of nitrogens with zero attached hydrogens (tertiary/aromatic N) is 4. The zero-order valence-electron chi connectivity index (χ0n) is 15.3. The van der Waals surface area contributed by atoms with Gasteiger partial charge in [-0.3, -0.25) is 14.4 Å². The number of hydrogen-bond donors (Lipinski definition) is 0. The second-order valence-electron chi connectivity index (χ2n) is 6.79. The van der Waals surface area contributed by atoms with Crippen molar-refractivity contribution in [2.24, 2.45) is 0 Å². The number of benzene rings is 2. The highest BCUT2D eigenvalue weighted by molar-refractivity contribution is 5.84. The number of amides is 1. The molecule has 2 aromatic carbocycles. The van der Waals surface area contributed by atoms with Crippen LogP contribution in [0.3, 0.4) is 0 Å². The van der Waals surface area contributed by atoms with Crippen LogP contribution >= 0.6 is 0 Å². The highest BCUT2D eigenvalue weighted by Gasteiger charge is 2.21. The number of ether oxygens (including phenoxy) is 1. The van der Waals surface area contributed by atoms with Gasteiger partial charge in [0.05, 0.1) is 6.54 Å². The molecule has 0 aliphatic carbocycles. The number of rotatable bonds is 6. The summed E-state index contributed by atoms with van der Waals surface area (Å²) in [6, 6.07) is 16.0. The molecule has 2 heterocycles. The van der Waals surface area contributed by atoms with E-state index in [0.29, 0.717) is 0 Å². The Kier molecular flexibility index (Phi) is 5.34. The number of fused-ring (bicyclic) bond motifs is 1. The van der Waals surface area contributed by atoms with E-state index in [1.165, 1.54) is 5.39 Å². The summed E-state index contributed by atoms with van der Waals surface area (Å²) in [5, 5.41) is 6.51. The molecular formula is C21H24N4O2. The van der Waals surface area contributed by atoms with E-state index in [0.717, 1.165) is 50.4 Å². The van der Waals surface area contributed by atoms with E-state index < -0.39 is 0 Å². The molecule has 1 aliphatic rings. The van der Waals surface area contributed by atoms with Crippen LogP contribution in [-0.4, -0.2) is 64.8 Å². The highest BCUT2D eigenvalue weighted by atomic mass is 16.5. The molecule has 0 atom stereocenters. The smallest absolute Gasteiger partial charge is 0.260 e. The monoisotopic (exact) mass is 364 g/mol. The Morgan fingerprint density at radius 1 is 0.963 bits per heavy atom. The van der Waals surface area contributed by atoms with Gasteiger partial charge in [-0.15, -0.1) is 0 Å². The Morgan fingerprint density at radius 2 is 1.78 bits per heavy atom. The number of aromatic nitrogens is 2. The van der Waals surface area contributed by atoms with Gasteiger partial charge in [0.15, 0.2) is 6.61 Å². The zero-order chi connectivity index (χ0) is 18.5. The van der Waals surface area contributed by atoms with Gasteiger partial charge in [0.2, 0.25) is 0 Å². The fraction of sp³-hybridized carbons (Fsp3) is 0.333. The number of piperazine rings is 1. The standard InChI is InChI=1S/C21H24N4O2/c26-21(17-27-20-7-6-18-4-1-2-5-19(18)16-20)24-13-10-23(11-14-24)12-15-25-9-3-8-22-25/h1-9,16H,10-15,17H2. The van der Waals surface area contributed by atoms with Crippen LogP contribution in [0.5, 0.6) is 5.75 Å². The molecular weight excluding hydrogens is 340 g/mol. The quantitative estimate of drug-likeness (QED) is 0.673. The lowest BCUT2D eigenvalue weighted by molar-refractivity contribution is -0.135. The van der Waals surface area contributed by atoms with E-state index in [4.69, 9.17) is 4.74 Å². The molecule has 0 spiro atoms. The van der Waals surface area contributed by atoms with Crippen LogP contribution in [0.1, 0.15) is 0 Å². The summed E-state index contributed by atoms with van der Waals surface area (Å²) in [4.78, 5) is 16.7. The maximum Gasteiger partial charge on any atom is 0.260 e. The van der Waals surface area contributed by atoms with Crippen LogP contribution in [0.15, 0.2) is 60.9 Å². The Hall–Kier alpha value is -2.86. The highest BCUT2D eigenvalue weighted by Crippen LogP contribution is 2.20. The fourth-order valence-electron chi connectivity index (χ4n) is 3.39. The lowest BCUT2D eigenvalue weighted by atomic mass is 10.1. The summed E-state index contributed by atoms with van der Waals surface area (Å²) < 4.78 is 7.68. The normalized spacial score (nSPS) is 15.2. The van der Waals surface area contributed by atoms with Crippen LogP contribution in [0.25, 0.3) is 10.8 Å². The molecule has 4 rings (SSSR count).